The Hall–Kier alpha value is -1.06. The summed E-state index contributed by atoms with van der Waals surface area (Å²) in [6.45, 7) is 8.62. The zero-order chi connectivity index (χ0) is 12.0. The van der Waals surface area contributed by atoms with E-state index in [0.29, 0.717) is 0 Å². The summed E-state index contributed by atoms with van der Waals surface area (Å²) in [5, 5.41) is 1.43. The van der Waals surface area contributed by atoms with Gasteiger partial charge in [0.2, 0.25) is 0 Å². The molecule has 1 N–H and O–H groups in total. The van der Waals surface area contributed by atoms with Crippen molar-refractivity contribution in [1.29, 1.82) is 0 Å². The molecular formula is C13H21NOSi. The van der Waals surface area contributed by atoms with E-state index in [-0.39, 0.29) is 0 Å². The van der Waals surface area contributed by atoms with Crippen LogP contribution >= 0.6 is 0 Å². The molecule has 88 valence electrons. The highest BCUT2D eigenvalue weighted by Gasteiger charge is 2.23. The van der Waals surface area contributed by atoms with Crippen molar-refractivity contribution in [3.05, 3.63) is 42.1 Å². The standard InChI is InChI=1S/C13H21NOSi/c1-5-12(2)14-15-11-16(3,4)13-9-7-6-8-10-13/h5-10,14H,11H2,1-4H3. The first-order valence-electron chi connectivity index (χ1n) is 5.62. The van der Waals surface area contributed by atoms with Gasteiger partial charge in [0.25, 0.3) is 0 Å². The van der Waals surface area contributed by atoms with Crippen molar-refractivity contribution in [3.63, 3.8) is 0 Å². The molecule has 3 heteroatoms. The third-order valence-corrected chi connectivity index (χ3v) is 5.42. The maximum absolute atomic E-state index is 5.55. The van der Waals surface area contributed by atoms with Crippen molar-refractivity contribution in [1.82, 2.24) is 5.48 Å². The Kier molecular flexibility index (Phi) is 4.77. The van der Waals surface area contributed by atoms with E-state index in [1.807, 2.05) is 19.9 Å². The molecule has 1 aromatic carbocycles. The van der Waals surface area contributed by atoms with Gasteiger partial charge in [0.15, 0.2) is 0 Å². The van der Waals surface area contributed by atoms with Gasteiger partial charge in [-0.25, -0.2) is 0 Å². The molecule has 0 saturated carbocycles. The van der Waals surface area contributed by atoms with Gasteiger partial charge in [-0.05, 0) is 13.8 Å². The Balaban J connectivity index is 2.53. The van der Waals surface area contributed by atoms with Gasteiger partial charge in [-0.2, -0.15) is 0 Å². The van der Waals surface area contributed by atoms with Crippen LogP contribution in [0.5, 0.6) is 0 Å². The van der Waals surface area contributed by atoms with Crippen molar-refractivity contribution < 1.29 is 4.84 Å². The van der Waals surface area contributed by atoms with Crippen molar-refractivity contribution in [2.24, 2.45) is 0 Å². The zero-order valence-corrected chi connectivity index (χ0v) is 11.6. The van der Waals surface area contributed by atoms with Crippen LogP contribution < -0.4 is 10.7 Å². The summed E-state index contributed by atoms with van der Waals surface area (Å²) in [7, 11) is -1.47. The van der Waals surface area contributed by atoms with Gasteiger partial charge in [0.05, 0.1) is 6.23 Å². The van der Waals surface area contributed by atoms with Crippen LogP contribution in [-0.4, -0.2) is 14.3 Å². The van der Waals surface area contributed by atoms with Crippen molar-refractivity contribution in [2.45, 2.75) is 26.9 Å². The molecule has 0 saturated heterocycles. The summed E-state index contributed by atoms with van der Waals surface area (Å²) in [4.78, 5) is 5.55. The fourth-order valence-electron chi connectivity index (χ4n) is 1.36. The van der Waals surface area contributed by atoms with Crippen LogP contribution in [0.1, 0.15) is 13.8 Å². The summed E-state index contributed by atoms with van der Waals surface area (Å²) >= 11 is 0. The fourth-order valence-corrected chi connectivity index (χ4v) is 3.06. The molecule has 0 aliphatic carbocycles. The fraction of sp³-hybridized carbons (Fsp3) is 0.385. The molecule has 0 aromatic heterocycles. The minimum absolute atomic E-state index is 0.780. The molecule has 0 amide bonds. The minimum atomic E-state index is -1.47. The van der Waals surface area contributed by atoms with Crippen LogP contribution in [0.25, 0.3) is 0 Å². The van der Waals surface area contributed by atoms with Crippen LogP contribution in [0, 0.1) is 0 Å². The molecule has 0 unspecified atom stereocenters. The molecule has 0 spiro atoms. The van der Waals surface area contributed by atoms with Crippen LogP contribution in [0.2, 0.25) is 13.1 Å². The van der Waals surface area contributed by atoms with E-state index in [1.54, 1.807) is 0 Å². The van der Waals surface area contributed by atoms with Gasteiger partial charge in [0.1, 0.15) is 8.07 Å². The van der Waals surface area contributed by atoms with Gasteiger partial charge >= 0.3 is 0 Å². The van der Waals surface area contributed by atoms with Crippen LogP contribution in [0.15, 0.2) is 42.1 Å². The average Bonchev–Trinajstić information content (AvgIpc) is 2.30. The van der Waals surface area contributed by atoms with Crippen LogP contribution in [-0.2, 0) is 4.84 Å². The normalized spacial score (nSPS) is 12.6. The number of benzene rings is 1. The molecule has 16 heavy (non-hydrogen) atoms. The van der Waals surface area contributed by atoms with Crippen LogP contribution in [0.3, 0.4) is 0 Å². The minimum Gasteiger partial charge on any atom is -0.279 e. The first-order valence-corrected chi connectivity index (χ1v) is 8.83. The molecule has 0 aliphatic heterocycles. The molecule has 1 aromatic rings. The molecule has 0 atom stereocenters. The van der Waals surface area contributed by atoms with E-state index < -0.39 is 8.07 Å². The maximum atomic E-state index is 5.55. The highest BCUT2D eigenvalue weighted by molar-refractivity contribution is 6.89. The van der Waals surface area contributed by atoms with Crippen molar-refractivity contribution in [2.75, 3.05) is 6.23 Å². The van der Waals surface area contributed by atoms with E-state index in [0.717, 1.165) is 11.9 Å². The molecule has 1 rings (SSSR count). The lowest BCUT2D eigenvalue weighted by Crippen LogP contribution is -2.47. The molecule has 2 nitrogen and oxygen atoms in total. The number of nitrogens with one attached hydrogen (secondary N) is 1. The molecule has 0 heterocycles. The molecule has 0 aliphatic rings. The lowest BCUT2D eigenvalue weighted by molar-refractivity contribution is 0.0960. The third-order valence-electron chi connectivity index (χ3n) is 2.65. The molecule has 0 bridgehead atoms. The summed E-state index contributed by atoms with van der Waals surface area (Å²) in [5.41, 5.74) is 4.01. The van der Waals surface area contributed by atoms with E-state index in [2.05, 4.69) is 48.9 Å². The summed E-state index contributed by atoms with van der Waals surface area (Å²) in [5.74, 6) is 0. The molecule has 0 radical (unpaired) electrons. The Labute approximate surface area is 99.3 Å². The topological polar surface area (TPSA) is 21.3 Å². The Morgan fingerprint density at radius 2 is 1.94 bits per heavy atom. The summed E-state index contributed by atoms with van der Waals surface area (Å²) in [6, 6.07) is 10.6. The lowest BCUT2D eigenvalue weighted by Gasteiger charge is -2.22. The lowest BCUT2D eigenvalue weighted by atomic mass is 10.4. The second-order valence-corrected chi connectivity index (χ2v) is 9.25. The quantitative estimate of drug-likeness (QED) is 0.625. The predicted molar refractivity (Wildman–Crippen MR) is 72.1 cm³/mol. The average molecular weight is 235 g/mol. The largest absolute Gasteiger partial charge is 0.279 e. The van der Waals surface area contributed by atoms with Gasteiger partial charge in [-0.1, -0.05) is 54.7 Å². The zero-order valence-electron chi connectivity index (χ0n) is 10.6. The van der Waals surface area contributed by atoms with E-state index in [1.165, 1.54) is 5.19 Å². The number of hydrogen-bond donors (Lipinski definition) is 1. The van der Waals surface area contributed by atoms with Crippen molar-refractivity contribution >= 4 is 13.3 Å². The highest BCUT2D eigenvalue weighted by atomic mass is 28.3. The van der Waals surface area contributed by atoms with Gasteiger partial charge in [-0.15, -0.1) is 0 Å². The summed E-state index contributed by atoms with van der Waals surface area (Å²) < 4.78 is 0. The molecule has 0 fully saturated rings. The van der Waals surface area contributed by atoms with E-state index in [4.69, 9.17) is 4.84 Å². The first kappa shape index (κ1) is 13.0. The number of allylic oxidation sites excluding steroid dienone is 2. The highest BCUT2D eigenvalue weighted by Crippen LogP contribution is 2.03. The molecular weight excluding hydrogens is 214 g/mol. The van der Waals surface area contributed by atoms with Gasteiger partial charge in [-0.3, -0.25) is 10.3 Å². The van der Waals surface area contributed by atoms with E-state index in [9.17, 15) is 0 Å². The maximum Gasteiger partial charge on any atom is 0.113 e. The first-order chi connectivity index (χ1) is 7.56. The smallest absolute Gasteiger partial charge is 0.113 e. The predicted octanol–water partition coefficient (Wildman–Crippen LogP) is 2.59. The Morgan fingerprint density at radius 3 is 2.50 bits per heavy atom. The second-order valence-electron chi connectivity index (χ2n) is 4.61. The summed E-state index contributed by atoms with van der Waals surface area (Å²) in [6.07, 6.45) is 2.78. The van der Waals surface area contributed by atoms with Crippen molar-refractivity contribution in [3.8, 4) is 0 Å². The Bertz CT molecular complexity index is 346. The van der Waals surface area contributed by atoms with Gasteiger partial charge < -0.3 is 0 Å². The second kappa shape index (κ2) is 5.87. The Morgan fingerprint density at radius 1 is 1.31 bits per heavy atom. The van der Waals surface area contributed by atoms with Gasteiger partial charge in [0, 0.05) is 5.70 Å². The SMILES string of the molecule is CC=C(C)NOC[Si](C)(C)c1ccccc1. The van der Waals surface area contributed by atoms with Crippen LogP contribution in [0.4, 0.5) is 0 Å². The number of hydroxylamine groups is 1. The number of hydrogen-bond acceptors (Lipinski definition) is 2. The number of rotatable bonds is 5. The third kappa shape index (κ3) is 3.83. The monoisotopic (exact) mass is 235 g/mol. The van der Waals surface area contributed by atoms with E-state index >= 15 is 0 Å².